The first-order valence-corrected chi connectivity index (χ1v) is 7.09. The van der Waals surface area contributed by atoms with Crippen molar-refractivity contribution in [3.63, 3.8) is 0 Å². The van der Waals surface area contributed by atoms with Crippen LogP contribution in [0.15, 0.2) is 30.3 Å². The fraction of sp³-hybridized carbons (Fsp3) is 0.400. The molecule has 0 radical (unpaired) electrons. The Kier molecular flexibility index (Phi) is 3.25. The van der Waals surface area contributed by atoms with E-state index < -0.39 is 8.56 Å². The van der Waals surface area contributed by atoms with Crippen LogP contribution in [0.3, 0.4) is 0 Å². The van der Waals surface area contributed by atoms with Crippen LogP contribution in [0.25, 0.3) is 0 Å². The monoisotopic (exact) mass is 196 g/mol. The summed E-state index contributed by atoms with van der Waals surface area (Å²) < 4.78 is 0. The van der Waals surface area contributed by atoms with Gasteiger partial charge in [0.2, 0.25) is 0 Å². The minimum Gasteiger partial charge on any atom is -0.411 e. The standard InChI is InChI=1S/C10H16O2Si/c1-9(8-13(2,11)12)10-6-4-3-5-7-10/h3-7,9,11-12H,8H2,1-2H3. The van der Waals surface area contributed by atoms with Crippen molar-refractivity contribution < 1.29 is 9.59 Å². The molecule has 0 saturated heterocycles. The van der Waals surface area contributed by atoms with E-state index in [0.717, 1.165) is 0 Å². The van der Waals surface area contributed by atoms with Crippen LogP contribution in [0.1, 0.15) is 18.4 Å². The quantitative estimate of drug-likeness (QED) is 0.724. The highest BCUT2D eigenvalue weighted by atomic mass is 28.4. The third-order valence-corrected chi connectivity index (χ3v) is 3.45. The average molecular weight is 196 g/mol. The molecule has 1 aromatic carbocycles. The summed E-state index contributed by atoms with van der Waals surface area (Å²) in [6.45, 7) is 3.57. The van der Waals surface area contributed by atoms with Crippen LogP contribution in [-0.2, 0) is 0 Å². The van der Waals surface area contributed by atoms with Crippen molar-refractivity contribution >= 4 is 8.56 Å². The van der Waals surface area contributed by atoms with Crippen LogP contribution in [0.4, 0.5) is 0 Å². The van der Waals surface area contributed by atoms with Gasteiger partial charge in [-0.25, -0.2) is 0 Å². The zero-order valence-corrected chi connectivity index (χ0v) is 9.07. The Morgan fingerprint density at radius 1 is 1.23 bits per heavy atom. The maximum absolute atomic E-state index is 9.34. The lowest BCUT2D eigenvalue weighted by molar-refractivity contribution is 0.364. The molecule has 0 saturated carbocycles. The van der Waals surface area contributed by atoms with Gasteiger partial charge in [-0.15, -0.1) is 0 Å². The van der Waals surface area contributed by atoms with Gasteiger partial charge in [0.1, 0.15) is 0 Å². The Bertz CT molecular complexity index is 253. The molecule has 0 aliphatic carbocycles. The van der Waals surface area contributed by atoms with E-state index in [1.165, 1.54) is 5.56 Å². The van der Waals surface area contributed by atoms with Gasteiger partial charge in [0.15, 0.2) is 0 Å². The lowest BCUT2D eigenvalue weighted by Gasteiger charge is -2.17. The summed E-state index contributed by atoms with van der Waals surface area (Å²) in [5.41, 5.74) is 1.17. The summed E-state index contributed by atoms with van der Waals surface area (Å²) in [6.07, 6.45) is 0. The molecule has 72 valence electrons. The average Bonchev–Trinajstić information content (AvgIpc) is 2.03. The van der Waals surface area contributed by atoms with E-state index in [0.29, 0.717) is 6.04 Å². The first kappa shape index (κ1) is 10.4. The molecule has 0 amide bonds. The molecular formula is C10H16O2Si. The van der Waals surface area contributed by atoms with Gasteiger partial charge < -0.3 is 9.59 Å². The fourth-order valence-corrected chi connectivity index (χ4v) is 2.88. The van der Waals surface area contributed by atoms with E-state index in [9.17, 15) is 9.59 Å². The topological polar surface area (TPSA) is 40.5 Å². The van der Waals surface area contributed by atoms with E-state index in [2.05, 4.69) is 0 Å². The second kappa shape index (κ2) is 4.04. The van der Waals surface area contributed by atoms with Gasteiger partial charge in [-0.3, -0.25) is 0 Å². The maximum Gasteiger partial charge on any atom is 0.330 e. The van der Waals surface area contributed by atoms with Crippen LogP contribution < -0.4 is 0 Å². The third kappa shape index (κ3) is 3.72. The van der Waals surface area contributed by atoms with Crippen LogP contribution in [0, 0.1) is 0 Å². The van der Waals surface area contributed by atoms with Gasteiger partial charge in [0.25, 0.3) is 0 Å². The molecule has 2 N–H and O–H groups in total. The SMILES string of the molecule is CC(C[Si](C)(O)O)c1ccccc1. The van der Waals surface area contributed by atoms with E-state index in [1.54, 1.807) is 6.55 Å². The van der Waals surface area contributed by atoms with Gasteiger partial charge in [-0.2, -0.15) is 0 Å². The smallest absolute Gasteiger partial charge is 0.330 e. The first-order chi connectivity index (χ1) is 5.99. The van der Waals surface area contributed by atoms with Crippen molar-refractivity contribution in [1.29, 1.82) is 0 Å². The van der Waals surface area contributed by atoms with Crippen LogP contribution in [0.2, 0.25) is 12.6 Å². The van der Waals surface area contributed by atoms with Crippen molar-refractivity contribution in [3.8, 4) is 0 Å². The fourth-order valence-electron chi connectivity index (χ4n) is 1.48. The molecule has 1 unspecified atom stereocenters. The molecule has 3 heteroatoms. The highest BCUT2D eigenvalue weighted by Gasteiger charge is 2.24. The Labute approximate surface area is 80.1 Å². The molecule has 0 fully saturated rings. The lowest BCUT2D eigenvalue weighted by atomic mass is 10.0. The second-order valence-electron chi connectivity index (χ2n) is 3.73. The van der Waals surface area contributed by atoms with Crippen molar-refractivity contribution in [2.45, 2.75) is 25.4 Å². The predicted molar refractivity (Wildman–Crippen MR) is 55.7 cm³/mol. The minimum atomic E-state index is -2.90. The summed E-state index contributed by atoms with van der Waals surface area (Å²) in [5, 5.41) is 0. The van der Waals surface area contributed by atoms with Gasteiger partial charge >= 0.3 is 8.56 Å². The Morgan fingerprint density at radius 3 is 2.23 bits per heavy atom. The first-order valence-electron chi connectivity index (χ1n) is 4.49. The Hall–Kier alpha value is -0.643. The van der Waals surface area contributed by atoms with Crippen molar-refractivity contribution in [2.24, 2.45) is 0 Å². The third-order valence-electron chi connectivity index (χ3n) is 2.06. The number of hydrogen-bond donors (Lipinski definition) is 2. The molecule has 1 atom stereocenters. The van der Waals surface area contributed by atoms with Crippen LogP contribution in [0.5, 0.6) is 0 Å². The summed E-state index contributed by atoms with van der Waals surface area (Å²) in [7, 11) is -2.90. The summed E-state index contributed by atoms with van der Waals surface area (Å²) >= 11 is 0. The molecule has 13 heavy (non-hydrogen) atoms. The van der Waals surface area contributed by atoms with Crippen LogP contribution in [-0.4, -0.2) is 18.2 Å². The van der Waals surface area contributed by atoms with E-state index in [4.69, 9.17) is 0 Å². The maximum atomic E-state index is 9.34. The summed E-state index contributed by atoms with van der Waals surface area (Å²) in [4.78, 5) is 18.7. The molecule has 0 aliphatic rings. The van der Waals surface area contributed by atoms with Gasteiger partial charge in [-0.1, -0.05) is 37.3 Å². The number of benzene rings is 1. The second-order valence-corrected chi connectivity index (χ2v) is 6.58. The van der Waals surface area contributed by atoms with E-state index in [-0.39, 0.29) is 5.92 Å². The molecule has 0 spiro atoms. The predicted octanol–water partition coefficient (Wildman–Crippen LogP) is 1.85. The molecule has 0 aliphatic heterocycles. The van der Waals surface area contributed by atoms with Gasteiger partial charge in [0.05, 0.1) is 0 Å². The zero-order chi connectivity index (χ0) is 9.90. The highest BCUT2D eigenvalue weighted by molar-refractivity contribution is 6.63. The van der Waals surface area contributed by atoms with Crippen LogP contribution >= 0.6 is 0 Å². The normalized spacial score (nSPS) is 14.2. The van der Waals surface area contributed by atoms with E-state index in [1.807, 2.05) is 37.3 Å². The van der Waals surface area contributed by atoms with Crippen molar-refractivity contribution in [1.82, 2.24) is 0 Å². The minimum absolute atomic E-state index is 0.230. The number of rotatable bonds is 3. The molecule has 0 aromatic heterocycles. The van der Waals surface area contributed by atoms with Gasteiger partial charge in [-0.05, 0) is 24.1 Å². The molecule has 1 aromatic rings. The van der Waals surface area contributed by atoms with Crippen molar-refractivity contribution in [2.75, 3.05) is 0 Å². The molecular weight excluding hydrogens is 180 g/mol. The molecule has 0 bridgehead atoms. The highest BCUT2D eigenvalue weighted by Crippen LogP contribution is 2.22. The van der Waals surface area contributed by atoms with E-state index >= 15 is 0 Å². The number of hydrogen-bond acceptors (Lipinski definition) is 2. The Morgan fingerprint density at radius 2 is 1.77 bits per heavy atom. The summed E-state index contributed by atoms with van der Waals surface area (Å²) in [6, 6.07) is 10.4. The van der Waals surface area contributed by atoms with Gasteiger partial charge in [0, 0.05) is 0 Å². The zero-order valence-electron chi connectivity index (χ0n) is 8.07. The molecule has 2 nitrogen and oxygen atoms in total. The Balaban J connectivity index is 2.64. The molecule has 0 heterocycles. The van der Waals surface area contributed by atoms with Crippen molar-refractivity contribution in [3.05, 3.63) is 35.9 Å². The molecule has 1 rings (SSSR count). The largest absolute Gasteiger partial charge is 0.411 e. The summed E-state index contributed by atoms with van der Waals surface area (Å²) in [5.74, 6) is 0.230. The lowest BCUT2D eigenvalue weighted by Crippen LogP contribution is -2.31.